The third-order valence-electron chi connectivity index (χ3n) is 2.43. The smallest absolute Gasteiger partial charge is 0.280 e. The van der Waals surface area contributed by atoms with Gasteiger partial charge in [-0.3, -0.25) is 9.59 Å². The van der Waals surface area contributed by atoms with E-state index in [0.29, 0.717) is 6.54 Å². The van der Waals surface area contributed by atoms with Crippen LogP contribution in [0, 0.1) is 5.41 Å². The van der Waals surface area contributed by atoms with Crippen molar-refractivity contribution in [3.63, 3.8) is 0 Å². The summed E-state index contributed by atoms with van der Waals surface area (Å²) in [6.45, 7) is 6.42. The zero-order chi connectivity index (χ0) is 14.2. The second-order valence-electron chi connectivity index (χ2n) is 5.07. The van der Waals surface area contributed by atoms with E-state index in [1.54, 1.807) is 22.6 Å². The zero-order valence-corrected chi connectivity index (χ0v) is 14.8. The van der Waals surface area contributed by atoms with E-state index in [2.05, 4.69) is 21.7 Å². The average Bonchev–Trinajstić information content (AvgIpc) is 2.24. The number of thiol groups is 1. The van der Waals surface area contributed by atoms with Gasteiger partial charge in [-0.05, 0) is 30.2 Å². The summed E-state index contributed by atoms with van der Waals surface area (Å²) in [4.78, 5) is 22.8. The average molecular weight is 404 g/mol. The minimum absolute atomic E-state index is 0.0426. The third-order valence-corrected chi connectivity index (χ3v) is 3.52. The van der Waals surface area contributed by atoms with Gasteiger partial charge in [0.25, 0.3) is 3.91 Å². The molecule has 0 radical (unpaired) electrons. The van der Waals surface area contributed by atoms with Gasteiger partial charge in [-0.1, -0.05) is 32.4 Å². The molecule has 0 saturated carbocycles. The van der Waals surface area contributed by atoms with Gasteiger partial charge >= 0.3 is 0 Å². The third kappa shape index (κ3) is 8.60. The number of carbonyl (C=O) groups excluding carboxylic acids is 2. The highest BCUT2D eigenvalue weighted by atomic mass is 127. The summed E-state index contributed by atoms with van der Waals surface area (Å²) < 4.78 is 2.99. The number of hydrogen-bond acceptors (Lipinski definition) is 5. The zero-order valence-electron chi connectivity index (χ0n) is 11.0. The van der Waals surface area contributed by atoms with E-state index < -0.39 is 0 Å². The Morgan fingerprint density at radius 2 is 1.94 bits per heavy atom. The van der Waals surface area contributed by atoms with E-state index in [1.165, 1.54) is 11.0 Å². The standard InChI is InChI=1S/C11H21IN2O2S2/c1-11(2,3)9(15)8(14-18-17)6-4-5-7-13-10(12)16/h8,14,17H,4-7H2,1-3H3,(H,13,16). The van der Waals surface area contributed by atoms with Crippen LogP contribution >= 0.6 is 45.2 Å². The highest BCUT2D eigenvalue weighted by Crippen LogP contribution is 2.21. The molecule has 0 aromatic carbocycles. The van der Waals surface area contributed by atoms with Gasteiger partial charge in [-0.25, -0.2) is 4.72 Å². The lowest BCUT2D eigenvalue weighted by molar-refractivity contribution is -0.128. The Bertz CT molecular complexity index is 283. The summed E-state index contributed by atoms with van der Waals surface area (Å²) in [5, 5.41) is 2.73. The SMILES string of the molecule is CC(C)(C)C(=O)C(CCCCNC(=O)I)NSS. The predicted octanol–water partition coefficient (Wildman–Crippen LogP) is 3.37. The molecule has 2 N–H and O–H groups in total. The molecule has 0 rings (SSSR count). The van der Waals surface area contributed by atoms with E-state index in [4.69, 9.17) is 0 Å². The van der Waals surface area contributed by atoms with Crippen LogP contribution in [0.25, 0.3) is 0 Å². The molecule has 4 nitrogen and oxygen atoms in total. The van der Waals surface area contributed by atoms with E-state index in [9.17, 15) is 9.59 Å². The Labute approximate surface area is 132 Å². The Morgan fingerprint density at radius 1 is 1.33 bits per heavy atom. The van der Waals surface area contributed by atoms with Crippen molar-refractivity contribution >= 4 is 54.9 Å². The van der Waals surface area contributed by atoms with Crippen molar-refractivity contribution in [1.82, 2.24) is 10.0 Å². The minimum atomic E-state index is -0.350. The molecule has 0 spiro atoms. The minimum Gasteiger partial charge on any atom is -0.348 e. The molecule has 18 heavy (non-hydrogen) atoms. The van der Waals surface area contributed by atoms with Crippen LogP contribution in [0.1, 0.15) is 40.0 Å². The lowest BCUT2D eigenvalue weighted by atomic mass is 9.85. The van der Waals surface area contributed by atoms with Crippen molar-refractivity contribution in [2.24, 2.45) is 5.41 Å². The van der Waals surface area contributed by atoms with Crippen molar-refractivity contribution in [3.05, 3.63) is 0 Å². The first-order valence-corrected chi connectivity index (χ1v) is 8.77. The van der Waals surface area contributed by atoms with E-state index >= 15 is 0 Å². The van der Waals surface area contributed by atoms with Gasteiger partial charge in [0.05, 0.1) is 6.04 Å². The maximum atomic E-state index is 12.1. The number of nitrogens with one attached hydrogen (secondary N) is 2. The van der Waals surface area contributed by atoms with Gasteiger partial charge in [-0.15, -0.1) is 0 Å². The first-order chi connectivity index (χ1) is 8.29. The topological polar surface area (TPSA) is 58.2 Å². The quantitative estimate of drug-likeness (QED) is 0.110. The van der Waals surface area contributed by atoms with Gasteiger partial charge < -0.3 is 5.32 Å². The molecule has 0 aliphatic rings. The van der Waals surface area contributed by atoms with Crippen molar-refractivity contribution in [2.75, 3.05) is 6.54 Å². The van der Waals surface area contributed by atoms with Gasteiger partial charge in [0.2, 0.25) is 0 Å². The molecule has 0 aromatic rings. The summed E-state index contributed by atoms with van der Waals surface area (Å²) in [5.41, 5.74) is -0.350. The second-order valence-corrected chi connectivity index (χ2v) is 7.02. The fraction of sp³-hybridized carbons (Fsp3) is 0.818. The van der Waals surface area contributed by atoms with Gasteiger partial charge in [0, 0.05) is 34.6 Å². The molecule has 0 saturated heterocycles. The van der Waals surface area contributed by atoms with Crippen molar-refractivity contribution < 1.29 is 9.59 Å². The molecule has 1 amide bonds. The van der Waals surface area contributed by atoms with E-state index in [-0.39, 0.29) is 21.2 Å². The summed E-state index contributed by atoms with van der Waals surface area (Å²) in [6.07, 6.45) is 2.53. The van der Waals surface area contributed by atoms with Crippen LogP contribution < -0.4 is 10.0 Å². The number of hydrogen-bond donors (Lipinski definition) is 3. The highest BCUT2D eigenvalue weighted by Gasteiger charge is 2.28. The maximum absolute atomic E-state index is 12.1. The first-order valence-electron chi connectivity index (χ1n) is 5.82. The van der Waals surface area contributed by atoms with Crippen LogP contribution in [0.4, 0.5) is 4.79 Å². The Kier molecular flexibility index (Phi) is 9.71. The normalized spacial score (nSPS) is 13.2. The molecule has 0 fully saturated rings. The van der Waals surface area contributed by atoms with Crippen LogP contribution in [0.3, 0.4) is 0 Å². The Balaban J connectivity index is 4.05. The molecule has 0 bridgehead atoms. The van der Waals surface area contributed by atoms with Crippen LogP contribution in [-0.2, 0) is 4.79 Å². The molecule has 0 aliphatic heterocycles. The van der Waals surface area contributed by atoms with Crippen LogP contribution in [0.15, 0.2) is 0 Å². The lowest BCUT2D eigenvalue weighted by Gasteiger charge is -2.24. The monoisotopic (exact) mass is 404 g/mol. The molecule has 0 aliphatic carbocycles. The summed E-state index contributed by atoms with van der Waals surface area (Å²) in [6, 6.07) is -0.178. The summed E-state index contributed by atoms with van der Waals surface area (Å²) >= 11 is 5.75. The van der Waals surface area contributed by atoms with Gasteiger partial charge in [0.1, 0.15) is 0 Å². The van der Waals surface area contributed by atoms with Crippen molar-refractivity contribution in [1.29, 1.82) is 0 Å². The van der Waals surface area contributed by atoms with E-state index in [1.807, 2.05) is 20.8 Å². The first kappa shape index (κ1) is 18.5. The van der Waals surface area contributed by atoms with Crippen molar-refractivity contribution in [2.45, 2.75) is 46.1 Å². The van der Waals surface area contributed by atoms with Gasteiger partial charge in [-0.2, -0.15) is 0 Å². The van der Waals surface area contributed by atoms with Crippen LogP contribution in [0.5, 0.6) is 0 Å². The number of halogens is 1. The lowest BCUT2D eigenvalue weighted by Crippen LogP contribution is -2.39. The molecular weight excluding hydrogens is 383 g/mol. The maximum Gasteiger partial charge on any atom is 0.280 e. The van der Waals surface area contributed by atoms with Crippen LogP contribution in [-0.4, -0.2) is 22.3 Å². The molecular formula is C11H21IN2O2S2. The van der Waals surface area contributed by atoms with Gasteiger partial charge in [0.15, 0.2) is 5.78 Å². The number of Topliss-reactive ketones (excluding diaryl/α,β-unsaturated/α-hetero) is 1. The predicted molar refractivity (Wildman–Crippen MR) is 89.2 cm³/mol. The number of rotatable bonds is 8. The Hall–Kier alpha value is 0.530. The fourth-order valence-electron chi connectivity index (χ4n) is 1.49. The molecule has 1 atom stereocenters. The Morgan fingerprint density at radius 3 is 2.39 bits per heavy atom. The second kappa shape index (κ2) is 9.44. The largest absolute Gasteiger partial charge is 0.348 e. The van der Waals surface area contributed by atoms with Crippen LogP contribution in [0.2, 0.25) is 0 Å². The molecule has 106 valence electrons. The fourth-order valence-corrected chi connectivity index (χ4v) is 2.49. The summed E-state index contributed by atoms with van der Waals surface area (Å²) in [5.74, 6) is 0.196. The number of amides is 1. The number of ketones is 1. The highest BCUT2D eigenvalue weighted by molar-refractivity contribution is 14.1. The number of unbranched alkanes of at least 4 members (excludes halogenated alkanes) is 1. The number of carbonyl (C=O) groups is 2. The molecule has 1 unspecified atom stereocenters. The molecule has 0 heterocycles. The van der Waals surface area contributed by atoms with E-state index in [0.717, 1.165) is 19.3 Å². The molecule has 7 heteroatoms. The van der Waals surface area contributed by atoms with Crippen molar-refractivity contribution in [3.8, 4) is 0 Å². The molecule has 0 aromatic heterocycles. The summed E-state index contributed by atoms with van der Waals surface area (Å²) in [7, 11) is 1.18.